The first-order valence-electron chi connectivity index (χ1n) is 4.71. The third-order valence-electron chi connectivity index (χ3n) is 2.15. The third-order valence-corrected chi connectivity index (χ3v) is 3.35. The lowest BCUT2D eigenvalue weighted by Gasteiger charge is -2.12. The number of carbonyl (C=O) groups is 1. The normalized spacial score (nSPS) is 13.5. The summed E-state index contributed by atoms with van der Waals surface area (Å²) in [6, 6.07) is 3.45. The number of halogens is 4. The average Bonchev–Trinajstić information content (AvgIpc) is 2.25. The molecule has 0 aliphatic carbocycles. The SMILES string of the molecule is CSc1cc(C(=O)C(C)Br)ccc1C(F)(F)F. The minimum Gasteiger partial charge on any atom is -0.293 e. The molecular formula is C11H10BrF3OS. The largest absolute Gasteiger partial charge is 0.417 e. The van der Waals surface area contributed by atoms with Gasteiger partial charge in [-0.3, -0.25) is 4.79 Å². The number of ketones is 1. The van der Waals surface area contributed by atoms with Crippen LogP contribution in [0.1, 0.15) is 22.8 Å². The highest BCUT2D eigenvalue weighted by atomic mass is 79.9. The van der Waals surface area contributed by atoms with E-state index in [0.717, 1.165) is 17.8 Å². The molecule has 1 nitrogen and oxygen atoms in total. The molecule has 0 N–H and O–H groups in total. The van der Waals surface area contributed by atoms with Crippen LogP contribution in [-0.2, 0) is 6.18 Å². The lowest BCUT2D eigenvalue weighted by molar-refractivity contribution is -0.139. The third kappa shape index (κ3) is 3.48. The van der Waals surface area contributed by atoms with Gasteiger partial charge < -0.3 is 0 Å². The first-order chi connectivity index (χ1) is 7.77. The minimum atomic E-state index is -4.39. The molecule has 0 radical (unpaired) electrons. The summed E-state index contributed by atoms with van der Waals surface area (Å²) in [6.45, 7) is 1.64. The van der Waals surface area contributed by atoms with E-state index in [2.05, 4.69) is 15.9 Å². The Balaban J connectivity index is 3.23. The van der Waals surface area contributed by atoms with Crippen LogP contribution in [0.4, 0.5) is 13.2 Å². The van der Waals surface area contributed by atoms with Gasteiger partial charge >= 0.3 is 6.18 Å². The molecule has 0 saturated heterocycles. The van der Waals surface area contributed by atoms with Gasteiger partial charge in [0, 0.05) is 10.5 Å². The average molecular weight is 327 g/mol. The van der Waals surface area contributed by atoms with Crippen LogP contribution in [0.2, 0.25) is 0 Å². The maximum absolute atomic E-state index is 12.6. The number of rotatable bonds is 3. The highest BCUT2D eigenvalue weighted by molar-refractivity contribution is 9.10. The predicted molar refractivity (Wildman–Crippen MR) is 65.9 cm³/mol. The van der Waals surface area contributed by atoms with Crippen molar-refractivity contribution >= 4 is 33.5 Å². The second-order valence-electron chi connectivity index (χ2n) is 3.39. The Bertz CT molecular complexity index is 429. The summed E-state index contributed by atoms with van der Waals surface area (Å²) in [5.41, 5.74) is -0.421. The summed E-state index contributed by atoms with van der Waals surface area (Å²) in [4.78, 5) is 11.3. The van der Waals surface area contributed by atoms with Crippen LogP contribution in [0.5, 0.6) is 0 Å². The van der Waals surface area contributed by atoms with Gasteiger partial charge in [0.05, 0.1) is 10.4 Å². The standard InChI is InChI=1S/C11H10BrF3OS/c1-6(12)10(16)7-3-4-8(11(13,14)15)9(5-7)17-2/h3-6H,1-2H3. The summed E-state index contributed by atoms with van der Waals surface area (Å²) in [6.07, 6.45) is -2.84. The quantitative estimate of drug-likeness (QED) is 0.465. The fraction of sp³-hybridized carbons (Fsp3) is 0.364. The van der Waals surface area contributed by atoms with E-state index in [0.29, 0.717) is 0 Å². The van der Waals surface area contributed by atoms with Crippen LogP contribution in [0.25, 0.3) is 0 Å². The molecule has 1 aromatic carbocycles. The van der Waals surface area contributed by atoms with E-state index in [1.807, 2.05) is 0 Å². The molecule has 1 atom stereocenters. The Morgan fingerprint density at radius 3 is 2.41 bits per heavy atom. The molecule has 1 rings (SSSR count). The van der Waals surface area contributed by atoms with Crippen LogP contribution in [0, 0.1) is 0 Å². The summed E-state index contributed by atoms with van der Waals surface area (Å²) < 4.78 is 37.9. The van der Waals surface area contributed by atoms with Crippen LogP contribution in [0.3, 0.4) is 0 Å². The van der Waals surface area contributed by atoms with Crippen molar-refractivity contribution in [3.63, 3.8) is 0 Å². The zero-order valence-corrected chi connectivity index (χ0v) is 11.5. The number of hydrogen-bond donors (Lipinski definition) is 0. The number of carbonyl (C=O) groups excluding carboxylic acids is 1. The number of thioether (sulfide) groups is 1. The van der Waals surface area contributed by atoms with E-state index < -0.39 is 16.6 Å². The molecule has 0 bridgehead atoms. The molecule has 6 heteroatoms. The molecule has 0 heterocycles. The molecule has 1 unspecified atom stereocenters. The van der Waals surface area contributed by atoms with Gasteiger partial charge in [-0.2, -0.15) is 13.2 Å². The van der Waals surface area contributed by atoms with E-state index in [1.165, 1.54) is 12.1 Å². The fourth-order valence-electron chi connectivity index (χ4n) is 1.31. The van der Waals surface area contributed by atoms with E-state index in [4.69, 9.17) is 0 Å². The number of hydrogen-bond acceptors (Lipinski definition) is 2. The number of Topliss-reactive ketones (excluding diaryl/α,β-unsaturated/α-hetero) is 1. The molecule has 0 aliphatic rings. The number of alkyl halides is 4. The van der Waals surface area contributed by atoms with Crippen LogP contribution < -0.4 is 0 Å². The van der Waals surface area contributed by atoms with E-state index in [9.17, 15) is 18.0 Å². The molecule has 94 valence electrons. The highest BCUT2D eigenvalue weighted by Gasteiger charge is 2.33. The summed E-state index contributed by atoms with van der Waals surface area (Å²) >= 11 is 4.08. The molecule has 17 heavy (non-hydrogen) atoms. The Morgan fingerprint density at radius 2 is 2.00 bits per heavy atom. The van der Waals surface area contributed by atoms with Crippen molar-refractivity contribution in [2.75, 3.05) is 6.26 Å². The molecular weight excluding hydrogens is 317 g/mol. The molecule has 0 saturated carbocycles. The van der Waals surface area contributed by atoms with E-state index in [1.54, 1.807) is 13.2 Å². The van der Waals surface area contributed by atoms with Crippen molar-refractivity contribution in [2.24, 2.45) is 0 Å². The zero-order valence-electron chi connectivity index (χ0n) is 9.14. The van der Waals surface area contributed by atoms with Crippen molar-refractivity contribution in [2.45, 2.75) is 22.8 Å². The van der Waals surface area contributed by atoms with E-state index in [-0.39, 0.29) is 16.2 Å². The van der Waals surface area contributed by atoms with Gasteiger partial charge in [0.25, 0.3) is 0 Å². The lowest BCUT2D eigenvalue weighted by Crippen LogP contribution is -2.12. The first-order valence-corrected chi connectivity index (χ1v) is 6.85. The molecule has 0 spiro atoms. The van der Waals surface area contributed by atoms with Crippen molar-refractivity contribution in [3.8, 4) is 0 Å². The molecule has 0 aromatic heterocycles. The monoisotopic (exact) mass is 326 g/mol. The molecule has 1 aromatic rings. The van der Waals surface area contributed by atoms with E-state index >= 15 is 0 Å². The van der Waals surface area contributed by atoms with Crippen molar-refractivity contribution in [1.29, 1.82) is 0 Å². The number of benzene rings is 1. The van der Waals surface area contributed by atoms with Crippen LogP contribution in [-0.4, -0.2) is 16.9 Å². The van der Waals surface area contributed by atoms with Crippen LogP contribution >= 0.6 is 27.7 Å². The predicted octanol–water partition coefficient (Wildman–Crippen LogP) is 4.39. The van der Waals surface area contributed by atoms with Crippen LogP contribution in [0.15, 0.2) is 23.1 Å². The summed E-state index contributed by atoms with van der Waals surface area (Å²) in [5.74, 6) is -0.228. The smallest absolute Gasteiger partial charge is 0.293 e. The Hall–Kier alpha value is -0.490. The summed E-state index contributed by atoms with van der Waals surface area (Å²) in [7, 11) is 0. The zero-order chi connectivity index (χ0) is 13.2. The molecule has 0 aliphatic heterocycles. The van der Waals surface area contributed by atoms with Gasteiger partial charge in [0.2, 0.25) is 0 Å². The second kappa shape index (κ2) is 5.44. The van der Waals surface area contributed by atoms with Gasteiger partial charge in [-0.15, -0.1) is 11.8 Å². The van der Waals surface area contributed by atoms with Gasteiger partial charge in [-0.25, -0.2) is 0 Å². The molecule has 0 fully saturated rings. The van der Waals surface area contributed by atoms with Gasteiger partial charge in [0.1, 0.15) is 0 Å². The van der Waals surface area contributed by atoms with Crippen molar-refractivity contribution in [1.82, 2.24) is 0 Å². The fourth-order valence-corrected chi connectivity index (χ4v) is 2.22. The topological polar surface area (TPSA) is 17.1 Å². The minimum absolute atomic E-state index is 0.0662. The Labute approximate surface area is 110 Å². The first kappa shape index (κ1) is 14.6. The maximum Gasteiger partial charge on any atom is 0.417 e. The van der Waals surface area contributed by atoms with Crippen molar-refractivity contribution < 1.29 is 18.0 Å². The van der Waals surface area contributed by atoms with Crippen molar-refractivity contribution in [3.05, 3.63) is 29.3 Å². The Morgan fingerprint density at radius 1 is 1.41 bits per heavy atom. The maximum atomic E-state index is 12.6. The molecule has 0 amide bonds. The van der Waals surface area contributed by atoms with Gasteiger partial charge in [-0.1, -0.05) is 22.0 Å². The second-order valence-corrected chi connectivity index (χ2v) is 5.61. The van der Waals surface area contributed by atoms with Gasteiger partial charge in [-0.05, 0) is 25.3 Å². The highest BCUT2D eigenvalue weighted by Crippen LogP contribution is 2.36. The lowest BCUT2D eigenvalue weighted by atomic mass is 10.1. The summed E-state index contributed by atoms with van der Waals surface area (Å²) in [5, 5.41) is 0. The Kier molecular flexibility index (Phi) is 4.66. The van der Waals surface area contributed by atoms with Gasteiger partial charge in [0.15, 0.2) is 5.78 Å².